The highest BCUT2D eigenvalue weighted by atomic mass is 35.5. The molecule has 536 valence electrons. The Morgan fingerprint density at radius 1 is 0.243 bits per heavy atom. The minimum atomic E-state index is -0.317. The summed E-state index contributed by atoms with van der Waals surface area (Å²) in [5, 5.41) is 38.2. The number of hydrogen-bond donors (Lipinski definition) is 6. The number of fused-ring (bicyclic) bond motifs is 10. The number of anilines is 10. The molecule has 20 rings (SSSR count). The second-order valence-corrected chi connectivity index (χ2v) is 26.8. The van der Waals surface area contributed by atoms with E-state index in [0.29, 0.717) is 55.5 Å². The van der Waals surface area contributed by atoms with Crippen molar-refractivity contribution in [2.75, 3.05) is 26.6 Å². The van der Waals surface area contributed by atoms with Crippen LogP contribution in [0.25, 0.3) is 109 Å². The lowest BCUT2D eigenvalue weighted by Crippen LogP contribution is -1.97. The Morgan fingerprint density at radius 3 is 0.883 bits per heavy atom. The first-order valence-corrected chi connectivity index (χ1v) is 36.1. The lowest BCUT2D eigenvalue weighted by atomic mass is 10.1. The summed E-state index contributed by atoms with van der Waals surface area (Å²) in [6.07, 6.45) is 8.42. The summed E-state index contributed by atoms with van der Waals surface area (Å²) in [6.45, 7) is 0. The van der Waals surface area contributed by atoms with Gasteiger partial charge >= 0.3 is 0 Å². The molecule has 16 nitrogen and oxygen atoms in total. The van der Waals surface area contributed by atoms with Gasteiger partial charge in [0.15, 0.2) is 0 Å². The molecule has 0 amide bonds. The number of phenolic OH excluding ortho intramolecular Hbond substituents is 1. The van der Waals surface area contributed by atoms with Crippen LogP contribution in [0.2, 0.25) is 15.1 Å². The van der Waals surface area contributed by atoms with Crippen LogP contribution >= 0.6 is 34.8 Å². The van der Waals surface area contributed by atoms with E-state index in [1.807, 2.05) is 158 Å². The number of hydrogen-bond acceptors (Lipinski definition) is 16. The highest BCUT2D eigenvalue weighted by Gasteiger charge is 2.12. The molecule has 20 aromatic rings. The zero-order chi connectivity index (χ0) is 75.6. The molecule has 15 aromatic carbocycles. The van der Waals surface area contributed by atoms with E-state index in [1.165, 1.54) is 23.6 Å². The Morgan fingerprint density at radius 2 is 0.541 bits per heavy atom. The Hall–Kier alpha value is -14.2. The summed E-state index contributed by atoms with van der Waals surface area (Å²) in [6, 6.07) is 93.4. The Bertz CT molecular complexity index is 6670. The van der Waals surface area contributed by atoms with Gasteiger partial charge in [0, 0.05) is 27.1 Å². The van der Waals surface area contributed by atoms with E-state index >= 15 is 0 Å². The van der Waals surface area contributed by atoms with Crippen LogP contribution in [-0.2, 0) is 0 Å². The largest absolute Gasteiger partial charge is 0.508 e. The number of aromatic nitrogens is 10. The van der Waals surface area contributed by atoms with E-state index in [4.69, 9.17) is 34.8 Å². The summed E-state index contributed by atoms with van der Waals surface area (Å²) < 4.78 is 26.9. The normalized spacial score (nSPS) is 11.0. The van der Waals surface area contributed by atoms with E-state index < -0.39 is 0 Å². The van der Waals surface area contributed by atoms with Crippen molar-refractivity contribution in [1.29, 1.82) is 0 Å². The second-order valence-electron chi connectivity index (χ2n) is 25.5. The van der Waals surface area contributed by atoms with E-state index in [-0.39, 0.29) is 17.4 Å². The summed E-state index contributed by atoms with van der Waals surface area (Å²) in [5.74, 6) is 2.77. The molecule has 0 saturated carbocycles. The van der Waals surface area contributed by atoms with Crippen LogP contribution < -0.4 is 26.6 Å². The predicted octanol–water partition coefficient (Wildman–Crippen LogP) is 24.6. The van der Waals surface area contributed by atoms with Gasteiger partial charge in [0.2, 0.25) is 0 Å². The van der Waals surface area contributed by atoms with Crippen LogP contribution in [0.15, 0.2) is 328 Å². The molecular weight excluding hydrogens is 1450 g/mol. The smallest absolute Gasteiger partial charge is 0.149 e. The molecule has 0 aliphatic heterocycles. The quantitative estimate of drug-likeness (QED) is 0.0556. The van der Waals surface area contributed by atoms with Crippen molar-refractivity contribution in [3.63, 3.8) is 0 Å². The molecule has 0 aliphatic rings. The average Bonchev–Trinajstić information content (AvgIpc) is 0.817. The number of halogens is 5. The maximum atomic E-state index is 13.7. The highest BCUT2D eigenvalue weighted by molar-refractivity contribution is 6.36. The molecule has 0 bridgehead atoms. The fraction of sp³-hybridized carbons (Fsp3) is 0. The second kappa shape index (κ2) is 32.5. The molecular formula is C90H60Cl3F2N15O. The molecule has 0 fully saturated rings. The Balaban J connectivity index is 0.000000105. The number of nitrogens with zero attached hydrogens (tertiary/aromatic N) is 10. The zero-order valence-corrected chi connectivity index (χ0v) is 60.8. The number of para-hydroxylation sites is 1. The summed E-state index contributed by atoms with van der Waals surface area (Å²) in [4.78, 5) is 45.2. The lowest BCUT2D eigenvalue weighted by Gasteiger charge is -2.09. The molecule has 21 heteroatoms. The van der Waals surface area contributed by atoms with Crippen molar-refractivity contribution in [3.8, 4) is 5.75 Å². The fourth-order valence-corrected chi connectivity index (χ4v) is 12.9. The number of rotatable bonds is 10. The number of phenols is 1. The third-order valence-corrected chi connectivity index (χ3v) is 18.5. The van der Waals surface area contributed by atoms with Crippen molar-refractivity contribution in [3.05, 3.63) is 355 Å². The van der Waals surface area contributed by atoms with E-state index in [9.17, 15) is 13.9 Å². The molecule has 0 radical (unpaired) electrons. The van der Waals surface area contributed by atoms with Gasteiger partial charge in [-0.3, -0.25) is 24.9 Å². The van der Waals surface area contributed by atoms with E-state index in [0.717, 1.165) is 121 Å². The van der Waals surface area contributed by atoms with Gasteiger partial charge in [-0.25, -0.2) is 33.7 Å². The molecule has 0 saturated heterocycles. The number of aromatic hydroxyl groups is 1. The van der Waals surface area contributed by atoms with Gasteiger partial charge in [0.1, 0.15) is 46.5 Å². The minimum Gasteiger partial charge on any atom is -0.508 e. The number of nitrogens with one attached hydrogen (secondary N) is 5. The van der Waals surface area contributed by atoms with Gasteiger partial charge in [0.05, 0.1) is 103 Å². The zero-order valence-electron chi connectivity index (χ0n) is 58.5. The van der Waals surface area contributed by atoms with Gasteiger partial charge in [-0.05, 0) is 212 Å². The van der Waals surface area contributed by atoms with Crippen LogP contribution in [0.5, 0.6) is 5.75 Å². The first-order chi connectivity index (χ1) is 54.3. The lowest BCUT2D eigenvalue weighted by molar-refractivity contribution is 0.475. The number of benzene rings is 15. The van der Waals surface area contributed by atoms with E-state index in [1.54, 1.807) is 97.7 Å². The first kappa shape index (κ1) is 71.1. The first-order valence-electron chi connectivity index (χ1n) is 34.9. The average molecular weight is 1510 g/mol. The van der Waals surface area contributed by atoms with Crippen LogP contribution in [0.3, 0.4) is 0 Å². The predicted molar refractivity (Wildman–Crippen MR) is 450 cm³/mol. The topological polar surface area (TPSA) is 209 Å². The Labute approximate surface area is 648 Å². The fourth-order valence-electron chi connectivity index (χ4n) is 12.3. The maximum Gasteiger partial charge on any atom is 0.149 e. The van der Waals surface area contributed by atoms with Crippen LogP contribution in [-0.4, -0.2) is 54.9 Å². The van der Waals surface area contributed by atoms with Gasteiger partial charge < -0.3 is 31.7 Å². The van der Waals surface area contributed by atoms with Crippen molar-refractivity contribution >= 4 is 201 Å². The van der Waals surface area contributed by atoms with Gasteiger partial charge in [-0.1, -0.05) is 174 Å². The monoisotopic (exact) mass is 1510 g/mol. The summed E-state index contributed by atoms with van der Waals surface area (Å²) >= 11 is 18.0. The SMILES string of the molecule is Clc1ccc(Nc2cnc3cc4ccccc4cc3n2)c(Cl)c1.Clc1ccc(Nc2cnc3cc4ccccc4cc3n2)cc1.Fc1cccc(Nc2cnc3cc4ccccc4cc3n2)c1.Fc1ccccc1Nc1cnc2cc3ccccc3cc2n1.Oc1ccc(Nc2cnc3cc4ccccc4cc3n2)cc1. The molecule has 0 unspecified atom stereocenters. The molecule has 111 heavy (non-hydrogen) atoms. The van der Waals surface area contributed by atoms with Crippen molar-refractivity contribution in [2.24, 2.45) is 0 Å². The molecule has 0 atom stereocenters. The van der Waals surface area contributed by atoms with Crippen molar-refractivity contribution in [2.45, 2.75) is 0 Å². The minimum absolute atomic E-state index is 0.238. The van der Waals surface area contributed by atoms with Gasteiger partial charge in [-0.2, -0.15) is 0 Å². The molecule has 0 aliphatic carbocycles. The van der Waals surface area contributed by atoms with Crippen LogP contribution in [0, 0.1) is 11.6 Å². The van der Waals surface area contributed by atoms with Crippen LogP contribution in [0.1, 0.15) is 0 Å². The van der Waals surface area contributed by atoms with Gasteiger partial charge in [-0.15, -0.1) is 0 Å². The highest BCUT2D eigenvalue weighted by Crippen LogP contribution is 2.32. The van der Waals surface area contributed by atoms with Crippen molar-refractivity contribution < 1.29 is 13.9 Å². The molecule has 5 heterocycles. The summed E-state index contributed by atoms with van der Waals surface area (Å²) in [7, 11) is 0. The van der Waals surface area contributed by atoms with E-state index in [2.05, 4.69) is 131 Å². The van der Waals surface area contributed by atoms with Crippen LogP contribution in [0.4, 0.5) is 66.3 Å². The summed E-state index contributed by atoms with van der Waals surface area (Å²) in [5.41, 5.74) is 12.0. The molecule has 5 aromatic heterocycles. The third-order valence-electron chi connectivity index (χ3n) is 17.7. The Kier molecular flexibility index (Phi) is 20.8. The maximum absolute atomic E-state index is 13.7. The molecule has 0 spiro atoms. The standard InChI is InChI=1S/C18H11Cl2N3.C18H12ClN3.2C18H12FN3.C18H13N3O/c19-13-5-6-15(14(20)9-13)22-18-10-21-16-7-11-3-1-2-4-12(11)8-17(16)23-18;19-14-5-7-15(8-6-14)21-18-11-20-16-9-12-3-1-2-4-13(12)10-17(16)22-18;19-14-7-3-4-8-15(14)21-18-11-20-16-9-12-5-1-2-6-13(12)10-17(16)22-18;19-14-6-3-7-15(10-14)21-18-11-20-16-8-12-4-1-2-5-13(12)9-17(16)22-18;22-15-7-5-14(6-8-15)20-18-11-19-16-9-12-3-1-2-4-13(12)10-17(16)21-18/h1-10H,(H,22,23);3*1-11H,(H,21,22);1-11,22H,(H,20,21). The molecule has 6 N–H and O–H groups in total. The van der Waals surface area contributed by atoms with Gasteiger partial charge in [0.25, 0.3) is 0 Å². The van der Waals surface area contributed by atoms with Crippen molar-refractivity contribution in [1.82, 2.24) is 49.8 Å². The third kappa shape index (κ3) is 17.5.